The number of hydrogen-bond acceptors (Lipinski definition) is 5. The molecule has 0 radical (unpaired) electrons. The van der Waals surface area contributed by atoms with Gasteiger partial charge in [-0.15, -0.1) is 0 Å². The van der Waals surface area contributed by atoms with Crippen LogP contribution in [-0.2, 0) is 16.1 Å². The van der Waals surface area contributed by atoms with Crippen molar-refractivity contribution in [2.24, 2.45) is 0 Å². The van der Waals surface area contributed by atoms with Crippen LogP contribution in [0.5, 0.6) is 0 Å². The summed E-state index contributed by atoms with van der Waals surface area (Å²) in [6.07, 6.45) is 0.794. The number of aromatic nitrogens is 1. The summed E-state index contributed by atoms with van der Waals surface area (Å²) in [6.45, 7) is 11.0. The van der Waals surface area contributed by atoms with Gasteiger partial charge in [0, 0.05) is 18.3 Å². The van der Waals surface area contributed by atoms with Crippen LogP contribution in [0.25, 0.3) is 11.1 Å². The molecule has 0 aliphatic heterocycles. The number of nitrogens with zero attached hydrogens (tertiary/aromatic N) is 2. The van der Waals surface area contributed by atoms with Gasteiger partial charge in [-0.3, -0.25) is 9.69 Å². The molecule has 0 saturated carbocycles. The fourth-order valence-electron chi connectivity index (χ4n) is 3.42. The monoisotopic (exact) mass is 505 g/mol. The Morgan fingerprint density at radius 2 is 1.65 bits per heavy atom. The third-order valence-corrected chi connectivity index (χ3v) is 4.91. The molecule has 0 aliphatic carbocycles. The number of carbonyl (C=O) groups excluding carboxylic acids is 2. The molecular weight excluding hydrogens is 470 g/mol. The van der Waals surface area contributed by atoms with Crippen molar-refractivity contribution in [3.63, 3.8) is 0 Å². The van der Waals surface area contributed by atoms with Crippen LogP contribution in [0.2, 0.25) is 0 Å². The topological polar surface area (TPSA) is 109 Å². The second-order valence-electron chi connectivity index (χ2n) is 9.16. The van der Waals surface area contributed by atoms with Crippen molar-refractivity contribution in [2.75, 3.05) is 11.9 Å². The van der Waals surface area contributed by atoms with E-state index in [1.807, 2.05) is 75.4 Å². The van der Waals surface area contributed by atoms with Crippen molar-refractivity contribution >= 4 is 23.7 Å². The average molecular weight is 506 g/mol. The smallest absolute Gasteiger partial charge is 0.411 e. The summed E-state index contributed by atoms with van der Waals surface area (Å²) in [5, 5.41) is 12.2. The van der Waals surface area contributed by atoms with E-state index in [-0.39, 0.29) is 24.5 Å². The zero-order chi connectivity index (χ0) is 27.6. The first-order chi connectivity index (χ1) is 17.5. The number of carbonyl (C=O) groups is 3. The molecule has 1 heterocycles. The molecule has 0 fully saturated rings. The van der Waals surface area contributed by atoms with Crippen molar-refractivity contribution < 1.29 is 24.2 Å². The van der Waals surface area contributed by atoms with Crippen molar-refractivity contribution in [1.29, 1.82) is 0 Å². The average Bonchev–Trinajstić information content (AvgIpc) is 2.84. The predicted molar refractivity (Wildman–Crippen MR) is 144 cm³/mol. The number of pyridine rings is 1. The molecule has 37 heavy (non-hydrogen) atoms. The molecule has 3 rings (SSSR count). The molecule has 0 aliphatic rings. The van der Waals surface area contributed by atoms with E-state index in [9.17, 15) is 19.5 Å². The van der Waals surface area contributed by atoms with Gasteiger partial charge in [0.15, 0.2) is 5.69 Å². The first kappa shape index (κ1) is 29.0. The number of hydrogen-bond donors (Lipinski definition) is 2. The molecule has 8 nitrogen and oxygen atoms in total. The molecule has 1 aromatic heterocycles. The molecule has 0 spiro atoms. The Labute approximate surface area is 218 Å². The molecular formula is C29H35N3O5. The summed E-state index contributed by atoms with van der Waals surface area (Å²) < 4.78 is 5.49. The minimum absolute atomic E-state index is 0.0450. The van der Waals surface area contributed by atoms with Crippen LogP contribution in [0.3, 0.4) is 0 Å². The van der Waals surface area contributed by atoms with Crippen molar-refractivity contribution in [3.8, 4) is 11.1 Å². The van der Waals surface area contributed by atoms with Crippen molar-refractivity contribution in [3.05, 3.63) is 83.7 Å². The van der Waals surface area contributed by atoms with Crippen LogP contribution in [0.15, 0.2) is 66.9 Å². The first-order valence-corrected chi connectivity index (χ1v) is 12.1. The van der Waals surface area contributed by atoms with Gasteiger partial charge in [0.05, 0.1) is 5.69 Å². The second kappa shape index (κ2) is 13.2. The quantitative estimate of drug-likeness (QED) is 0.398. The van der Waals surface area contributed by atoms with E-state index in [1.165, 1.54) is 11.1 Å². The predicted octanol–water partition coefficient (Wildman–Crippen LogP) is 6.16. The van der Waals surface area contributed by atoms with E-state index in [0.29, 0.717) is 5.56 Å². The third-order valence-electron chi connectivity index (χ3n) is 4.91. The van der Waals surface area contributed by atoms with Crippen molar-refractivity contribution in [1.82, 2.24) is 9.88 Å². The highest BCUT2D eigenvalue weighted by Crippen LogP contribution is 2.24. The Morgan fingerprint density at radius 3 is 2.24 bits per heavy atom. The highest BCUT2D eigenvalue weighted by Gasteiger charge is 2.25. The summed E-state index contributed by atoms with van der Waals surface area (Å²) in [6, 6.07) is 18.4. The van der Waals surface area contributed by atoms with Crippen LogP contribution in [0.4, 0.5) is 10.5 Å². The van der Waals surface area contributed by atoms with Gasteiger partial charge < -0.3 is 15.2 Å². The molecule has 196 valence electrons. The van der Waals surface area contributed by atoms with Crippen LogP contribution in [-0.4, -0.2) is 45.1 Å². The number of aromatic carboxylic acids is 1. The Kier molecular flexibility index (Phi) is 10.4. The maximum atomic E-state index is 13.0. The van der Waals surface area contributed by atoms with E-state index in [0.717, 1.165) is 16.7 Å². The number of carboxylic acids is 1. The van der Waals surface area contributed by atoms with Crippen LogP contribution >= 0.6 is 0 Å². The normalized spacial score (nSPS) is 10.5. The number of aryl methyl sites for hydroxylation is 1. The second-order valence-corrected chi connectivity index (χ2v) is 9.16. The summed E-state index contributed by atoms with van der Waals surface area (Å²) in [7, 11) is 0. The van der Waals surface area contributed by atoms with Gasteiger partial charge in [-0.25, -0.2) is 14.6 Å². The van der Waals surface area contributed by atoms with E-state index in [1.54, 1.807) is 26.8 Å². The maximum Gasteiger partial charge on any atom is 0.411 e. The summed E-state index contributed by atoms with van der Waals surface area (Å²) in [5.74, 6) is -1.85. The largest absolute Gasteiger partial charge is 0.476 e. The van der Waals surface area contributed by atoms with Gasteiger partial charge in [-0.1, -0.05) is 74.0 Å². The minimum Gasteiger partial charge on any atom is -0.476 e. The van der Waals surface area contributed by atoms with Gasteiger partial charge in [0.2, 0.25) is 5.91 Å². The highest BCUT2D eigenvalue weighted by atomic mass is 16.6. The van der Waals surface area contributed by atoms with Crippen LogP contribution < -0.4 is 5.32 Å². The summed E-state index contributed by atoms with van der Waals surface area (Å²) >= 11 is 0. The first-order valence-electron chi connectivity index (χ1n) is 12.1. The molecule has 3 aromatic rings. The third kappa shape index (κ3) is 9.07. The molecule has 0 bridgehead atoms. The number of carboxylic acid groups (broad SMARTS) is 1. The lowest BCUT2D eigenvalue weighted by atomic mass is 10.1. The SMILES string of the molecule is CC.Cc1cccc(CN(CC(=O)Nc2cc(-c3ccccc3)cnc2C(=O)O)C(=O)OC(C)(C)C)c1. The van der Waals surface area contributed by atoms with Crippen LogP contribution in [0, 0.1) is 6.92 Å². The van der Waals surface area contributed by atoms with Crippen molar-refractivity contribution in [2.45, 2.75) is 53.7 Å². The van der Waals surface area contributed by atoms with Gasteiger partial charge in [0.25, 0.3) is 0 Å². The Balaban J connectivity index is 0.00000235. The zero-order valence-corrected chi connectivity index (χ0v) is 22.2. The summed E-state index contributed by atoms with van der Waals surface area (Å²) in [5.41, 5.74) is 2.33. The molecule has 0 unspecified atom stereocenters. The number of rotatable bonds is 7. The zero-order valence-electron chi connectivity index (χ0n) is 22.2. The van der Waals surface area contributed by atoms with E-state index >= 15 is 0 Å². The molecule has 2 amide bonds. The van der Waals surface area contributed by atoms with Gasteiger partial charge in [-0.2, -0.15) is 0 Å². The lowest BCUT2D eigenvalue weighted by Crippen LogP contribution is -2.41. The molecule has 8 heteroatoms. The number of anilines is 1. The fraction of sp³-hybridized carbons (Fsp3) is 0.310. The Bertz CT molecular complexity index is 1220. The molecule has 0 atom stereocenters. The lowest BCUT2D eigenvalue weighted by Gasteiger charge is -2.27. The van der Waals surface area contributed by atoms with Gasteiger partial charge in [0.1, 0.15) is 12.1 Å². The maximum absolute atomic E-state index is 13.0. The number of amides is 2. The van der Waals surface area contributed by atoms with Crippen LogP contribution in [0.1, 0.15) is 56.2 Å². The Hall–Kier alpha value is -4.20. The molecule has 2 N–H and O–H groups in total. The highest BCUT2D eigenvalue weighted by molar-refractivity contribution is 6.01. The fourth-order valence-corrected chi connectivity index (χ4v) is 3.42. The van der Waals surface area contributed by atoms with Gasteiger partial charge >= 0.3 is 12.1 Å². The van der Waals surface area contributed by atoms with Gasteiger partial charge in [-0.05, 0) is 44.9 Å². The standard InChI is InChI=1S/C27H29N3O5.C2H6/c1-18-9-8-10-19(13-18)16-30(26(34)35-27(2,3)4)17-23(31)29-22-14-21(15-28-24(22)25(32)33)20-11-6-5-7-12-20;1-2/h5-15H,16-17H2,1-4H3,(H,29,31)(H,32,33);1-2H3. The number of ether oxygens (including phenoxy) is 1. The number of benzene rings is 2. The molecule has 0 saturated heterocycles. The van der Waals surface area contributed by atoms with E-state index in [2.05, 4.69) is 10.3 Å². The molecule has 2 aromatic carbocycles. The van der Waals surface area contributed by atoms with E-state index < -0.39 is 23.6 Å². The van der Waals surface area contributed by atoms with E-state index in [4.69, 9.17) is 4.74 Å². The Morgan fingerprint density at radius 1 is 0.973 bits per heavy atom. The number of nitrogens with one attached hydrogen (secondary N) is 1. The summed E-state index contributed by atoms with van der Waals surface area (Å²) in [4.78, 5) is 42.9. The minimum atomic E-state index is -1.27. The lowest BCUT2D eigenvalue weighted by molar-refractivity contribution is -0.117.